The maximum Gasteiger partial charge on any atom is 0.417 e. The van der Waals surface area contributed by atoms with Crippen molar-refractivity contribution in [3.8, 4) is 0 Å². The number of alkyl halides is 3. The zero-order chi connectivity index (χ0) is 18.3. The molecule has 0 radical (unpaired) electrons. The van der Waals surface area contributed by atoms with Crippen molar-refractivity contribution in [2.75, 3.05) is 6.54 Å². The van der Waals surface area contributed by atoms with E-state index in [2.05, 4.69) is 0 Å². The molecular weight excluding hydrogens is 379 g/mol. The Balaban J connectivity index is 1.79. The fourth-order valence-corrected chi connectivity index (χ4v) is 5.12. The van der Waals surface area contributed by atoms with Gasteiger partial charge in [-0.1, -0.05) is 18.2 Å². The summed E-state index contributed by atoms with van der Waals surface area (Å²) in [6.07, 6.45) is -3.90. The van der Waals surface area contributed by atoms with E-state index >= 15 is 0 Å². The van der Waals surface area contributed by atoms with Crippen LogP contribution in [-0.4, -0.2) is 17.4 Å². The summed E-state index contributed by atoms with van der Waals surface area (Å²) in [6.45, 7) is 0.404. The zero-order valence-electron chi connectivity index (χ0n) is 13.5. The molecule has 1 unspecified atom stereocenters. The summed E-state index contributed by atoms with van der Waals surface area (Å²) in [6, 6.07) is 10.5. The average Bonchev–Trinajstić information content (AvgIpc) is 3.31. The molecule has 2 nitrogen and oxygen atoms in total. The molecule has 0 bridgehead atoms. The first-order valence-electron chi connectivity index (χ1n) is 8.03. The smallest absolute Gasteiger partial charge is 0.326 e. The minimum absolute atomic E-state index is 0.291. The summed E-state index contributed by atoms with van der Waals surface area (Å²) in [5, 5.41) is 3.89. The monoisotopic (exact) mass is 393 g/mol. The third kappa shape index (κ3) is 2.95. The molecule has 2 aromatic heterocycles. The molecule has 3 heterocycles. The van der Waals surface area contributed by atoms with Gasteiger partial charge in [-0.2, -0.15) is 13.2 Å². The van der Waals surface area contributed by atoms with E-state index in [0.717, 1.165) is 16.5 Å². The number of thiophene rings is 2. The normalized spacial score (nSPS) is 17.2. The predicted molar refractivity (Wildman–Crippen MR) is 96.7 cm³/mol. The van der Waals surface area contributed by atoms with E-state index in [4.69, 9.17) is 0 Å². The number of carbonyl (C=O) groups excluding carboxylic acids is 1. The highest BCUT2D eigenvalue weighted by Gasteiger charge is 2.39. The van der Waals surface area contributed by atoms with Crippen molar-refractivity contribution in [2.24, 2.45) is 0 Å². The fourth-order valence-electron chi connectivity index (χ4n) is 3.36. The average molecular weight is 393 g/mol. The van der Waals surface area contributed by atoms with Crippen LogP contribution in [0.4, 0.5) is 13.2 Å². The van der Waals surface area contributed by atoms with Crippen molar-refractivity contribution >= 4 is 28.6 Å². The Bertz CT molecular complexity index is 930. The van der Waals surface area contributed by atoms with Gasteiger partial charge in [-0.05, 0) is 47.0 Å². The van der Waals surface area contributed by atoms with E-state index in [1.165, 1.54) is 34.4 Å². The first kappa shape index (κ1) is 17.3. The molecule has 1 atom stereocenters. The minimum atomic E-state index is -4.56. The van der Waals surface area contributed by atoms with Crippen LogP contribution in [0.3, 0.4) is 0 Å². The fraction of sp³-hybridized carbons (Fsp3) is 0.211. The quantitative estimate of drug-likeness (QED) is 0.554. The van der Waals surface area contributed by atoms with Crippen molar-refractivity contribution < 1.29 is 18.0 Å². The zero-order valence-corrected chi connectivity index (χ0v) is 15.1. The van der Waals surface area contributed by atoms with Crippen LogP contribution in [0, 0.1) is 0 Å². The van der Waals surface area contributed by atoms with Crippen LogP contribution >= 0.6 is 22.7 Å². The van der Waals surface area contributed by atoms with Gasteiger partial charge in [-0.15, -0.1) is 22.7 Å². The molecule has 3 aromatic rings. The number of fused-ring (bicyclic) bond motifs is 1. The van der Waals surface area contributed by atoms with Gasteiger partial charge in [0.05, 0.1) is 17.2 Å². The van der Waals surface area contributed by atoms with Gasteiger partial charge < -0.3 is 4.90 Å². The van der Waals surface area contributed by atoms with E-state index in [9.17, 15) is 18.0 Å². The highest BCUT2D eigenvalue weighted by atomic mass is 32.1. The van der Waals surface area contributed by atoms with Crippen LogP contribution in [-0.2, 0) is 12.6 Å². The van der Waals surface area contributed by atoms with E-state index in [1.807, 2.05) is 29.0 Å². The topological polar surface area (TPSA) is 20.3 Å². The van der Waals surface area contributed by atoms with Gasteiger partial charge in [0, 0.05) is 16.3 Å². The predicted octanol–water partition coefficient (Wildman–Crippen LogP) is 5.62. The van der Waals surface area contributed by atoms with Crippen LogP contribution in [0.1, 0.15) is 37.3 Å². The molecule has 0 N–H and O–H groups in total. The standard InChI is InChI=1S/C19H14F3NOS2/c20-19(21,22)14-5-2-1-4-12(14)18(24)23-9-7-15-13(8-11-26-15)17(23)16-6-3-10-25-16/h1-6,8,10-11,17H,7,9H2. The number of hydrogen-bond donors (Lipinski definition) is 0. The van der Waals surface area contributed by atoms with Gasteiger partial charge in [0.1, 0.15) is 0 Å². The first-order valence-corrected chi connectivity index (χ1v) is 9.79. The molecule has 134 valence electrons. The lowest BCUT2D eigenvalue weighted by Crippen LogP contribution is -2.40. The number of rotatable bonds is 2. The number of hydrogen-bond acceptors (Lipinski definition) is 3. The largest absolute Gasteiger partial charge is 0.417 e. The Morgan fingerprint density at radius 1 is 1.04 bits per heavy atom. The Morgan fingerprint density at radius 2 is 1.85 bits per heavy atom. The molecule has 0 spiro atoms. The summed E-state index contributed by atoms with van der Waals surface area (Å²) in [5.41, 5.74) is -0.159. The van der Waals surface area contributed by atoms with Crippen molar-refractivity contribution in [2.45, 2.75) is 18.6 Å². The number of nitrogens with zero attached hydrogens (tertiary/aromatic N) is 1. The Morgan fingerprint density at radius 3 is 2.58 bits per heavy atom. The molecule has 0 fully saturated rings. The van der Waals surface area contributed by atoms with Gasteiger partial charge >= 0.3 is 6.18 Å². The van der Waals surface area contributed by atoms with Gasteiger partial charge in [0.2, 0.25) is 0 Å². The minimum Gasteiger partial charge on any atom is -0.326 e. The van der Waals surface area contributed by atoms with Gasteiger partial charge in [0.25, 0.3) is 5.91 Å². The molecule has 7 heteroatoms. The van der Waals surface area contributed by atoms with E-state index in [-0.39, 0.29) is 11.6 Å². The van der Waals surface area contributed by atoms with Crippen LogP contribution in [0.5, 0.6) is 0 Å². The lowest BCUT2D eigenvalue weighted by molar-refractivity contribution is -0.138. The highest BCUT2D eigenvalue weighted by molar-refractivity contribution is 7.10. The van der Waals surface area contributed by atoms with Crippen LogP contribution in [0.15, 0.2) is 53.2 Å². The third-order valence-corrected chi connectivity index (χ3v) is 6.42. The molecule has 1 aliphatic heterocycles. The second kappa shape index (κ2) is 6.55. The molecule has 1 amide bonds. The second-order valence-electron chi connectivity index (χ2n) is 6.01. The number of benzene rings is 1. The van der Waals surface area contributed by atoms with Crippen LogP contribution in [0.25, 0.3) is 0 Å². The lowest BCUT2D eigenvalue weighted by atomic mass is 9.96. The van der Waals surface area contributed by atoms with Crippen LogP contribution in [0.2, 0.25) is 0 Å². The Hall–Kier alpha value is -2.12. The van der Waals surface area contributed by atoms with Crippen molar-refractivity contribution in [3.05, 3.63) is 79.7 Å². The number of carbonyl (C=O) groups is 1. The van der Waals surface area contributed by atoms with Crippen LogP contribution < -0.4 is 0 Å². The summed E-state index contributed by atoms with van der Waals surface area (Å²) in [5.74, 6) is -0.576. The molecule has 1 aliphatic rings. The number of amides is 1. The summed E-state index contributed by atoms with van der Waals surface area (Å²) >= 11 is 3.14. The second-order valence-corrected chi connectivity index (χ2v) is 7.99. The van der Waals surface area contributed by atoms with Crippen molar-refractivity contribution in [1.82, 2.24) is 4.90 Å². The van der Waals surface area contributed by atoms with Crippen molar-refractivity contribution in [1.29, 1.82) is 0 Å². The van der Waals surface area contributed by atoms with Gasteiger partial charge in [-0.3, -0.25) is 4.79 Å². The highest BCUT2D eigenvalue weighted by Crippen LogP contribution is 2.41. The summed E-state index contributed by atoms with van der Waals surface area (Å²) < 4.78 is 40.1. The third-order valence-electron chi connectivity index (χ3n) is 4.50. The van der Waals surface area contributed by atoms with Crippen molar-refractivity contribution in [3.63, 3.8) is 0 Å². The molecule has 26 heavy (non-hydrogen) atoms. The molecule has 1 aromatic carbocycles. The molecule has 0 saturated carbocycles. The summed E-state index contributed by atoms with van der Waals surface area (Å²) in [4.78, 5) is 16.9. The maximum atomic E-state index is 13.4. The van der Waals surface area contributed by atoms with Gasteiger partial charge in [0.15, 0.2) is 0 Å². The molecular formula is C19H14F3NOS2. The SMILES string of the molecule is O=C(c1ccccc1C(F)(F)F)N1CCc2sccc2C1c1cccs1. The maximum absolute atomic E-state index is 13.4. The first-order chi connectivity index (χ1) is 12.5. The van der Waals surface area contributed by atoms with E-state index in [1.54, 1.807) is 16.2 Å². The lowest BCUT2D eigenvalue weighted by Gasteiger charge is -2.36. The molecule has 4 rings (SSSR count). The van der Waals surface area contributed by atoms with E-state index < -0.39 is 17.6 Å². The number of halogens is 3. The summed E-state index contributed by atoms with van der Waals surface area (Å²) in [7, 11) is 0. The Kier molecular flexibility index (Phi) is 4.36. The van der Waals surface area contributed by atoms with Gasteiger partial charge in [-0.25, -0.2) is 0 Å². The van der Waals surface area contributed by atoms with E-state index in [0.29, 0.717) is 13.0 Å². The molecule has 0 aliphatic carbocycles. The Labute approximate surface area is 156 Å². The molecule has 0 saturated heterocycles.